The third kappa shape index (κ3) is 3.44. The summed E-state index contributed by atoms with van der Waals surface area (Å²) in [6, 6.07) is 4.01. The highest BCUT2D eigenvalue weighted by atomic mass is 16.2. The second-order valence-corrected chi connectivity index (χ2v) is 7.92. The quantitative estimate of drug-likeness (QED) is 0.615. The zero-order valence-electron chi connectivity index (χ0n) is 16.7. The Labute approximate surface area is 173 Å². The molecule has 5 amide bonds. The molecule has 1 aliphatic carbocycles. The van der Waals surface area contributed by atoms with Crippen molar-refractivity contribution in [2.75, 3.05) is 11.9 Å². The van der Waals surface area contributed by atoms with Gasteiger partial charge < -0.3 is 10.6 Å². The van der Waals surface area contributed by atoms with E-state index in [1.807, 2.05) is 6.92 Å². The maximum Gasteiger partial charge on any atom is 0.264 e. The minimum Gasteiger partial charge on any atom is -0.382 e. The molecule has 3 atom stereocenters. The fraction of sp³-hybridized carbons (Fsp3) is 0.476. The number of anilines is 1. The standard InChI is InChI=1S/C21H24N4O5/c1-2-22-18(27)11-6-7-12(10-11)23-14-5-3-4-13-17(14)21(30)25(20(13)29)15-8-9-16(26)24-19(15)28/h3-5,11-12,15,23H,2,6-10H2,1H3,(H,22,27)(H,24,26,28). The smallest absolute Gasteiger partial charge is 0.264 e. The number of rotatable bonds is 5. The van der Waals surface area contributed by atoms with Crippen LogP contribution in [0.1, 0.15) is 59.7 Å². The lowest BCUT2D eigenvalue weighted by Crippen LogP contribution is -2.54. The SMILES string of the molecule is CCNC(=O)C1CCC(Nc2cccc3c2C(=O)N(C2CCC(=O)NC2=O)C3=O)C1. The van der Waals surface area contributed by atoms with Crippen LogP contribution in [0.3, 0.4) is 0 Å². The van der Waals surface area contributed by atoms with Gasteiger partial charge in [0.15, 0.2) is 0 Å². The van der Waals surface area contributed by atoms with Crippen LogP contribution in [0.2, 0.25) is 0 Å². The van der Waals surface area contributed by atoms with Crippen LogP contribution >= 0.6 is 0 Å². The molecule has 2 aliphatic heterocycles. The minimum atomic E-state index is -0.989. The predicted octanol–water partition coefficient (Wildman–Crippen LogP) is 0.804. The Kier molecular flexibility index (Phi) is 5.27. The Morgan fingerprint density at radius 2 is 1.93 bits per heavy atom. The maximum absolute atomic E-state index is 13.1. The molecule has 9 nitrogen and oxygen atoms in total. The molecule has 2 fully saturated rings. The average Bonchev–Trinajstić information content (AvgIpc) is 3.27. The van der Waals surface area contributed by atoms with Crippen molar-refractivity contribution < 1.29 is 24.0 Å². The van der Waals surface area contributed by atoms with E-state index >= 15 is 0 Å². The van der Waals surface area contributed by atoms with Crippen molar-refractivity contribution in [2.45, 2.75) is 51.1 Å². The third-order valence-electron chi connectivity index (χ3n) is 5.98. The van der Waals surface area contributed by atoms with Gasteiger partial charge in [-0.25, -0.2) is 0 Å². The Morgan fingerprint density at radius 3 is 2.67 bits per heavy atom. The molecule has 0 aromatic heterocycles. The van der Waals surface area contributed by atoms with Crippen molar-refractivity contribution in [3.05, 3.63) is 29.3 Å². The second kappa shape index (κ2) is 7.89. The van der Waals surface area contributed by atoms with Gasteiger partial charge in [-0.1, -0.05) is 6.07 Å². The zero-order chi connectivity index (χ0) is 21.4. The minimum absolute atomic E-state index is 0.0108. The fourth-order valence-corrected chi connectivity index (χ4v) is 4.52. The number of piperidine rings is 1. The monoisotopic (exact) mass is 412 g/mol. The van der Waals surface area contributed by atoms with Crippen LogP contribution in [-0.2, 0) is 14.4 Å². The molecule has 0 spiro atoms. The molecular weight excluding hydrogens is 388 g/mol. The zero-order valence-corrected chi connectivity index (χ0v) is 16.7. The van der Waals surface area contributed by atoms with Gasteiger partial charge in [0.2, 0.25) is 17.7 Å². The summed E-state index contributed by atoms with van der Waals surface area (Å²) < 4.78 is 0. The van der Waals surface area contributed by atoms with Gasteiger partial charge in [0, 0.05) is 30.6 Å². The van der Waals surface area contributed by atoms with Gasteiger partial charge in [-0.3, -0.25) is 34.2 Å². The van der Waals surface area contributed by atoms with Gasteiger partial charge in [0.1, 0.15) is 6.04 Å². The van der Waals surface area contributed by atoms with Crippen LogP contribution < -0.4 is 16.0 Å². The number of imide groups is 2. The summed E-state index contributed by atoms with van der Waals surface area (Å²) in [5, 5.41) is 8.36. The summed E-state index contributed by atoms with van der Waals surface area (Å²) in [5.74, 6) is -2.13. The van der Waals surface area contributed by atoms with Crippen molar-refractivity contribution >= 4 is 35.2 Å². The van der Waals surface area contributed by atoms with E-state index in [9.17, 15) is 24.0 Å². The van der Waals surface area contributed by atoms with Gasteiger partial charge >= 0.3 is 0 Å². The molecule has 2 heterocycles. The summed E-state index contributed by atoms with van der Waals surface area (Å²) in [6.07, 6.45) is 2.39. The molecule has 9 heteroatoms. The van der Waals surface area contributed by atoms with Gasteiger partial charge in [-0.2, -0.15) is 0 Å². The Balaban J connectivity index is 1.53. The number of benzene rings is 1. The van der Waals surface area contributed by atoms with Crippen molar-refractivity contribution in [1.29, 1.82) is 0 Å². The number of hydrogen-bond acceptors (Lipinski definition) is 6. The van der Waals surface area contributed by atoms with Crippen molar-refractivity contribution in [3.63, 3.8) is 0 Å². The molecule has 0 radical (unpaired) electrons. The van der Waals surface area contributed by atoms with Crippen LogP contribution in [-0.4, -0.2) is 53.1 Å². The molecule has 3 unspecified atom stereocenters. The van der Waals surface area contributed by atoms with Crippen LogP contribution in [0.4, 0.5) is 5.69 Å². The maximum atomic E-state index is 13.1. The number of hydrogen-bond donors (Lipinski definition) is 3. The molecule has 1 saturated carbocycles. The summed E-state index contributed by atoms with van der Waals surface area (Å²) in [6.45, 7) is 2.47. The first kappa shape index (κ1) is 20.1. The second-order valence-electron chi connectivity index (χ2n) is 7.92. The van der Waals surface area contributed by atoms with E-state index < -0.39 is 29.7 Å². The number of nitrogens with one attached hydrogen (secondary N) is 3. The van der Waals surface area contributed by atoms with Gasteiger partial charge in [0.25, 0.3) is 11.8 Å². The van der Waals surface area contributed by atoms with Crippen molar-refractivity contribution in [3.8, 4) is 0 Å². The first-order chi connectivity index (χ1) is 14.4. The van der Waals surface area contributed by atoms with E-state index in [1.165, 1.54) is 0 Å². The molecular formula is C21H24N4O5. The van der Waals surface area contributed by atoms with E-state index in [4.69, 9.17) is 0 Å². The van der Waals surface area contributed by atoms with Crippen LogP contribution in [0.25, 0.3) is 0 Å². The Hall–Kier alpha value is -3.23. The number of carbonyl (C=O) groups excluding carboxylic acids is 5. The number of carbonyl (C=O) groups is 5. The molecule has 1 aromatic rings. The molecule has 1 saturated heterocycles. The first-order valence-corrected chi connectivity index (χ1v) is 10.3. The summed E-state index contributed by atoms with van der Waals surface area (Å²) in [4.78, 5) is 62.7. The molecule has 4 rings (SSSR count). The van der Waals surface area contributed by atoms with Crippen LogP contribution in [0.5, 0.6) is 0 Å². The number of fused-ring (bicyclic) bond motifs is 1. The first-order valence-electron chi connectivity index (χ1n) is 10.3. The van der Waals surface area contributed by atoms with Gasteiger partial charge in [0.05, 0.1) is 11.1 Å². The largest absolute Gasteiger partial charge is 0.382 e. The number of amides is 5. The highest BCUT2D eigenvalue weighted by Crippen LogP contribution is 2.35. The molecule has 3 aliphatic rings. The topological polar surface area (TPSA) is 125 Å². The molecule has 1 aromatic carbocycles. The lowest BCUT2D eigenvalue weighted by atomic mass is 10.0. The Bertz CT molecular complexity index is 943. The molecule has 158 valence electrons. The van der Waals surface area contributed by atoms with Crippen LogP contribution in [0, 0.1) is 5.92 Å². The lowest BCUT2D eigenvalue weighted by molar-refractivity contribution is -0.136. The summed E-state index contributed by atoms with van der Waals surface area (Å²) in [7, 11) is 0. The normalized spacial score (nSPS) is 25.9. The van der Waals surface area contributed by atoms with E-state index in [-0.39, 0.29) is 41.8 Å². The van der Waals surface area contributed by atoms with E-state index in [0.717, 1.165) is 17.7 Å². The summed E-state index contributed by atoms with van der Waals surface area (Å²) >= 11 is 0. The van der Waals surface area contributed by atoms with Gasteiger partial charge in [-0.15, -0.1) is 0 Å². The predicted molar refractivity (Wildman–Crippen MR) is 107 cm³/mol. The molecule has 3 N–H and O–H groups in total. The fourth-order valence-electron chi connectivity index (χ4n) is 4.52. The highest BCUT2D eigenvalue weighted by molar-refractivity contribution is 6.25. The molecule has 30 heavy (non-hydrogen) atoms. The van der Waals surface area contributed by atoms with E-state index in [0.29, 0.717) is 18.7 Å². The van der Waals surface area contributed by atoms with E-state index in [2.05, 4.69) is 16.0 Å². The van der Waals surface area contributed by atoms with Crippen LogP contribution in [0.15, 0.2) is 18.2 Å². The van der Waals surface area contributed by atoms with Crippen molar-refractivity contribution in [1.82, 2.24) is 15.5 Å². The molecule has 0 bridgehead atoms. The number of nitrogens with zero attached hydrogens (tertiary/aromatic N) is 1. The lowest BCUT2D eigenvalue weighted by Gasteiger charge is -2.27. The Morgan fingerprint density at radius 1 is 1.13 bits per heavy atom. The third-order valence-corrected chi connectivity index (χ3v) is 5.98. The van der Waals surface area contributed by atoms with Gasteiger partial charge in [-0.05, 0) is 44.7 Å². The summed E-state index contributed by atoms with van der Waals surface area (Å²) in [5.41, 5.74) is 1.02. The van der Waals surface area contributed by atoms with E-state index in [1.54, 1.807) is 18.2 Å². The average molecular weight is 412 g/mol. The highest BCUT2D eigenvalue weighted by Gasteiger charge is 2.45. The van der Waals surface area contributed by atoms with Crippen molar-refractivity contribution in [2.24, 2.45) is 5.92 Å².